The molecule has 1 aromatic heterocycles. The Kier molecular flexibility index (Phi) is 5.22. The molecule has 1 aromatic rings. The summed E-state index contributed by atoms with van der Waals surface area (Å²) in [6, 6.07) is 5.65. The lowest BCUT2D eigenvalue weighted by atomic mass is 9.83. The highest BCUT2D eigenvalue weighted by Crippen LogP contribution is 2.34. The lowest BCUT2D eigenvalue weighted by molar-refractivity contribution is -0.128. The summed E-state index contributed by atoms with van der Waals surface area (Å²) in [6.07, 6.45) is 6.19. The second-order valence-electron chi connectivity index (χ2n) is 9.01. The highest BCUT2D eigenvalue weighted by Gasteiger charge is 2.34. The van der Waals surface area contributed by atoms with Crippen molar-refractivity contribution >= 4 is 5.91 Å². The standard InChI is InChI=1S/C22H31N3O2/c1-16-9-17(2)12-24(11-16)21(26)7-4-8-23-13-18-10-19(15-23)20-5-3-6-22(27)25(20)14-18/h3-7,16-19H,8-15H2,1-2H3. The number of carbonyl (C=O) groups excluding carboxylic acids is 1. The number of hydrogen-bond donors (Lipinski definition) is 0. The normalized spacial score (nSPS) is 31.1. The van der Waals surface area contributed by atoms with Gasteiger partial charge in [0.2, 0.25) is 5.91 Å². The lowest BCUT2D eigenvalue weighted by Crippen LogP contribution is -2.47. The van der Waals surface area contributed by atoms with Crippen molar-refractivity contribution in [1.29, 1.82) is 0 Å². The van der Waals surface area contributed by atoms with Gasteiger partial charge in [0.15, 0.2) is 0 Å². The van der Waals surface area contributed by atoms with E-state index >= 15 is 0 Å². The number of nitrogens with zero attached hydrogens (tertiary/aromatic N) is 3. The molecule has 2 fully saturated rings. The third-order valence-electron chi connectivity index (χ3n) is 6.36. The average Bonchev–Trinajstić information content (AvgIpc) is 2.62. The SMILES string of the molecule is CC1CC(C)CN(C(=O)C=CCN2CC3CC(C2)c2cccc(=O)n2C3)C1. The number of piperidine rings is 2. The van der Waals surface area contributed by atoms with Gasteiger partial charge in [-0.2, -0.15) is 0 Å². The second kappa shape index (κ2) is 7.63. The maximum atomic E-state index is 12.5. The highest BCUT2D eigenvalue weighted by atomic mass is 16.2. The number of pyridine rings is 1. The molecule has 27 heavy (non-hydrogen) atoms. The minimum atomic E-state index is 0.131. The Morgan fingerprint density at radius 2 is 1.85 bits per heavy atom. The molecule has 0 spiro atoms. The number of carbonyl (C=O) groups is 1. The minimum Gasteiger partial charge on any atom is -0.339 e. The molecule has 1 amide bonds. The van der Waals surface area contributed by atoms with Gasteiger partial charge in [0, 0.05) is 63.0 Å². The Morgan fingerprint density at radius 3 is 2.63 bits per heavy atom. The van der Waals surface area contributed by atoms with E-state index in [0.717, 1.165) is 39.3 Å². The van der Waals surface area contributed by atoms with Crippen molar-refractivity contribution in [2.45, 2.75) is 39.2 Å². The molecule has 0 aromatic carbocycles. The fourth-order valence-corrected chi connectivity index (χ4v) is 5.40. The van der Waals surface area contributed by atoms with E-state index in [-0.39, 0.29) is 11.5 Å². The van der Waals surface area contributed by atoms with Crippen molar-refractivity contribution in [3.8, 4) is 0 Å². The molecule has 0 N–H and O–H groups in total. The summed E-state index contributed by atoms with van der Waals surface area (Å²) in [5.41, 5.74) is 1.31. The Bertz CT molecular complexity index is 774. The van der Waals surface area contributed by atoms with Gasteiger partial charge in [0.25, 0.3) is 5.56 Å². The number of amides is 1. The van der Waals surface area contributed by atoms with Gasteiger partial charge in [0.05, 0.1) is 0 Å². The molecular formula is C22H31N3O2. The van der Waals surface area contributed by atoms with Crippen molar-refractivity contribution in [3.05, 3.63) is 46.4 Å². The first-order valence-corrected chi connectivity index (χ1v) is 10.4. The molecule has 146 valence electrons. The van der Waals surface area contributed by atoms with Crippen LogP contribution in [0.2, 0.25) is 0 Å². The fourth-order valence-electron chi connectivity index (χ4n) is 5.40. The van der Waals surface area contributed by atoms with E-state index in [0.29, 0.717) is 23.7 Å². The molecule has 5 nitrogen and oxygen atoms in total. The number of likely N-dealkylation sites (tertiary alicyclic amines) is 2. The largest absolute Gasteiger partial charge is 0.339 e. The molecule has 2 saturated heterocycles. The molecule has 4 heterocycles. The van der Waals surface area contributed by atoms with E-state index in [1.54, 1.807) is 12.1 Å². The summed E-state index contributed by atoms with van der Waals surface area (Å²) >= 11 is 0. The summed E-state index contributed by atoms with van der Waals surface area (Å²) in [6.45, 7) is 9.84. The molecule has 2 bridgehead atoms. The first-order chi connectivity index (χ1) is 13.0. The van der Waals surface area contributed by atoms with Crippen LogP contribution in [0.3, 0.4) is 0 Å². The van der Waals surface area contributed by atoms with Gasteiger partial charge in [-0.1, -0.05) is 26.0 Å². The van der Waals surface area contributed by atoms with Gasteiger partial charge in [-0.05, 0) is 36.7 Å². The van der Waals surface area contributed by atoms with Crippen LogP contribution in [0, 0.1) is 17.8 Å². The average molecular weight is 370 g/mol. The van der Waals surface area contributed by atoms with E-state index < -0.39 is 0 Å². The molecule has 4 unspecified atom stereocenters. The molecule has 5 heteroatoms. The summed E-state index contributed by atoms with van der Waals surface area (Å²) < 4.78 is 1.97. The number of aromatic nitrogens is 1. The summed E-state index contributed by atoms with van der Waals surface area (Å²) in [5, 5.41) is 0. The monoisotopic (exact) mass is 369 g/mol. The number of hydrogen-bond acceptors (Lipinski definition) is 3. The lowest BCUT2D eigenvalue weighted by Gasteiger charge is -2.42. The Morgan fingerprint density at radius 1 is 1.07 bits per heavy atom. The Hall–Kier alpha value is -1.88. The first kappa shape index (κ1) is 18.5. The predicted molar refractivity (Wildman–Crippen MR) is 107 cm³/mol. The predicted octanol–water partition coefficient (Wildman–Crippen LogP) is 2.33. The van der Waals surface area contributed by atoms with Crippen molar-refractivity contribution in [3.63, 3.8) is 0 Å². The van der Waals surface area contributed by atoms with E-state index in [9.17, 15) is 9.59 Å². The smallest absolute Gasteiger partial charge is 0.250 e. The molecular weight excluding hydrogens is 338 g/mol. The topological polar surface area (TPSA) is 45.6 Å². The van der Waals surface area contributed by atoms with E-state index in [2.05, 4.69) is 24.8 Å². The van der Waals surface area contributed by atoms with Crippen LogP contribution in [0.25, 0.3) is 0 Å². The van der Waals surface area contributed by atoms with Crippen LogP contribution in [0.1, 0.15) is 38.3 Å². The summed E-state index contributed by atoms with van der Waals surface area (Å²) in [7, 11) is 0. The zero-order valence-electron chi connectivity index (χ0n) is 16.5. The van der Waals surface area contributed by atoms with Gasteiger partial charge in [-0.3, -0.25) is 14.5 Å². The quantitative estimate of drug-likeness (QED) is 0.768. The van der Waals surface area contributed by atoms with Gasteiger partial charge in [0.1, 0.15) is 0 Å². The molecule has 3 aliphatic rings. The molecule has 4 rings (SSSR count). The van der Waals surface area contributed by atoms with Crippen LogP contribution in [0.4, 0.5) is 0 Å². The van der Waals surface area contributed by atoms with Crippen LogP contribution in [-0.2, 0) is 11.3 Å². The second-order valence-corrected chi connectivity index (χ2v) is 9.01. The number of rotatable bonds is 3. The Labute approximate surface area is 161 Å². The van der Waals surface area contributed by atoms with Gasteiger partial charge in [-0.25, -0.2) is 0 Å². The number of fused-ring (bicyclic) bond motifs is 4. The third-order valence-corrected chi connectivity index (χ3v) is 6.36. The summed E-state index contributed by atoms with van der Waals surface area (Å²) in [5.74, 6) is 2.30. The van der Waals surface area contributed by atoms with E-state index in [1.165, 1.54) is 18.5 Å². The third kappa shape index (κ3) is 4.03. The molecule has 0 radical (unpaired) electrons. The van der Waals surface area contributed by atoms with E-state index in [1.807, 2.05) is 21.6 Å². The van der Waals surface area contributed by atoms with Crippen LogP contribution < -0.4 is 5.56 Å². The van der Waals surface area contributed by atoms with Gasteiger partial charge in [-0.15, -0.1) is 0 Å². The van der Waals surface area contributed by atoms with Crippen molar-refractivity contribution in [2.75, 3.05) is 32.7 Å². The van der Waals surface area contributed by atoms with E-state index in [4.69, 9.17) is 0 Å². The maximum absolute atomic E-state index is 12.5. The van der Waals surface area contributed by atoms with Crippen molar-refractivity contribution < 1.29 is 4.79 Å². The van der Waals surface area contributed by atoms with Gasteiger partial charge < -0.3 is 9.47 Å². The molecule has 0 saturated carbocycles. The van der Waals surface area contributed by atoms with Gasteiger partial charge >= 0.3 is 0 Å². The van der Waals surface area contributed by atoms with Crippen LogP contribution in [-0.4, -0.2) is 53.0 Å². The zero-order valence-corrected chi connectivity index (χ0v) is 16.5. The molecule has 4 atom stereocenters. The maximum Gasteiger partial charge on any atom is 0.250 e. The Balaban J connectivity index is 1.35. The fraction of sp³-hybridized carbons (Fsp3) is 0.636. The molecule has 3 aliphatic heterocycles. The van der Waals surface area contributed by atoms with Crippen molar-refractivity contribution in [1.82, 2.24) is 14.4 Å². The van der Waals surface area contributed by atoms with Crippen LogP contribution in [0.5, 0.6) is 0 Å². The minimum absolute atomic E-state index is 0.131. The summed E-state index contributed by atoms with van der Waals surface area (Å²) in [4.78, 5) is 29.1. The first-order valence-electron chi connectivity index (χ1n) is 10.4. The van der Waals surface area contributed by atoms with Crippen LogP contribution >= 0.6 is 0 Å². The highest BCUT2D eigenvalue weighted by molar-refractivity contribution is 5.87. The zero-order chi connectivity index (χ0) is 19.0. The van der Waals surface area contributed by atoms with Crippen LogP contribution in [0.15, 0.2) is 35.1 Å². The van der Waals surface area contributed by atoms with Crippen molar-refractivity contribution in [2.24, 2.45) is 17.8 Å². The molecule has 0 aliphatic carbocycles.